The van der Waals surface area contributed by atoms with E-state index in [0.29, 0.717) is 11.6 Å². The van der Waals surface area contributed by atoms with Crippen LogP contribution < -0.4 is 0 Å². The Morgan fingerprint density at radius 3 is 2.41 bits per heavy atom. The highest BCUT2D eigenvalue weighted by Crippen LogP contribution is 2.15. The third-order valence-corrected chi connectivity index (χ3v) is 6.05. The van der Waals surface area contributed by atoms with Crippen molar-refractivity contribution in [3.63, 3.8) is 0 Å². The molecule has 0 saturated heterocycles. The van der Waals surface area contributed by atoms with Gasteiger partial charge in [-0.3, -0.25) is 4.79 Å². The highest BCUT2D eigenvalue weighted by molar-refractivity contribution is 7.99. The number of nitrogens with zero attached hydrogens (tertiary/aromatic N) is 2. The summed E-state index contributed by atoms with van der Waals surface area (Å²) in [6.45, 7) is 9.39. The number of esters is 1. The fraction of sp³-hybridized carbons (Fsp3) is 0.722. The van der Waals surface area contributed by atoms with Crippen molar-refractivity contribution < 1.29 is 22.7 Å². The van der Waals surface area contributed by atoms with E-state index in [1.165, 1.54) is 11.8 Å². The molecular formula is C18H30N2O5S2. The molecule has 1 atom stereocenters. The van der Waals surface area contributed by atoms with Crippen molar-refractivity contribution >= 4 is 27.6 Å². The normalized spacial score (nSPS) is 13.0. The Labute approximate surface area is 166 Å². The second-order valence-electron chi connectivity index (χ2n) is 6.68. The van der Waals surface area contributed by atoms with Crippen molar-refractivity contribution in [3.05, 3.63) is 17.5 Å². The van der Waals surface area contributed by atoms with E-state index in [-0.39, 0.29) is 30.0 Å². The Morgan fingerprint density at radius 1 is 1.22 bits per heavy atom. The maximum Gasteiger partial charge on any atom is 0.316 e. The lowest BCUT2D eigenvalue weighted by Gasteiger charge is -2.19. The molecule has 1 aromatic heterocycles. The van der Waals surface area contributed by atoms with E-state index in [1.54, 1.807) is 0 Å². The van der Waals surface area contributed by atoms with Crippen molar-refractivity contribution in [1.29, 1.82) is 0 Å². The van der Waals surface area contributed by atoms with Crippen LogP contribution in [-0.2, 0) is 24.1 Å². The number of rotatable bonds is 12. The zero-order chi connectivity index (χ0) is 20.4. The summed E-state index contributed by atoms with van der Waals surface area (Å²) >= 11 is 1.17. The van der Waals surface area contributed by atoms with E-state index < -0.39 is 21.9 Å². The van der Waals surface area contributed by atoms with Crippen LogP contribution in [0.3, 0.4) is 0 Å². The van der Waals surface area contributed by atoms with Gasteiger partial charge in [0, 0.05) is 11.4 Å². The van der Waals surface area contributed by atoms with E-state index >= 15 is 0 Å². The molecule has 27 heavy (non-hydrogen) atoms. The number of aryl methyl sites for hydroxylation is 2. The van der Waals surface area contributed by atoms with Gasteiger partial charge in [0.15, 0.2) is 15.0 Å². The number of hydrogen-bond acceptors (Lipinski definition) is 8. The first-order valence-electron chi connectivity index (χ1n) is 9.08. The maximum absolute atomic E-state index is 12.2. The highest BCUT2D eigenvalue weighted by atomic mass is 32.2. The molecule has 0 radical (unpaired) electrons. The third kappa shape index (κ3) is 10.7. The standard InChI is InChI=1S/C18H30N2O5S2/c1-6-7-8-27(22,23)12-16(10-24-13(2)3)25-17(21)11-26-18-19-14(4)9-15(5)20-18/h9,13,16H,6-8,10-12H2,1-5H3. The molecule has 0 aliphatic heterocycles. The van der Waals surface area contributed by atoms with Gasteiger partial charge in [0.25, 0.3) is 0 Å². The molecule has 1 aromatic rings. The van der Waals surface area contributed by atoms with Gasteiger partial charge >= 0.3 is 5.97 Å². The third-order valence-electron chi connectivity index (χ3n) is 3.44. The summed E-state index contributed by atoms with van der Waals surface area (Å²) in [6.07, 6.45) is 0.484. The minimum absolute atomic E-state index is 0.01000. The second kappa shape index (κ2) is 11.6. The van der Waals surface area contributed by atoms with Crippen LogP contribution in [0, 0.1) is 13.8 Å². The first-order valence-corrected chi connectivity index (χ1v) is 11.9. The first kappa shape index (κ1) is 23.8. The Kier molecular flexibility index (Phi) is 10.3. The minimum Gasteiger partial charge on any atom is -0.458 e. The molecule has 0 aliphatic carbocycles. The average Bonchev–Trinajstić information content (AvgIpc) is 2.55. The summed E-state index contributed by atoms with van der Waals surface area (Å²) in [5.41, 5.74) is 1.65. The number of thioether (sulfide) groups is 1. The van der Waals surface area contributed by atoms with E-state index in [1.807, 2.05) is 40.7 Å². The van der Waals surface area contributed by atoms with Crippen LogP contribution in [-0.4, -0.2) is 60.4 Å². The Balaban J connectivity index is 2.65. The Morgan fingerprint density at radius 2 is 1.85 bits per heavy atom. The molecule has 0 saturated carbocycles. The van der Waals surface area contributed by atoms with Crippen molar-refractivity contribution in [2.24, 2.45) is 0 Å². The first-order chi connectivity index (χ1) is 12.6. The van der Waals surface area contributed by atoms with Crippen LogP contribution in [0.1, 0.15) is 45.0 Å². The topological polar surface area (TPSA) is 95.5 Å². The smallest absolute Gasteiger partial charge is 0.316 e. The van der Waals surface area contributed by atoms with Crippen LogP contribution in [0.4, 0.5) is 0 Å². The average molecular weight is 419 g/mol. The van der Waals surface area contributed by atoms with E-state index in [0.717, 1.165) is 17.8 Å². The highest BCUT2D eigenvalue weighted by Gasteiger charge is 2.23. The number of carbonyl (C=O) groups is 1. The number of sulfone groups is 1. The van der Waals surface area contributed by atoms with Gasteiger partial charge in [-0.25, -0.2) is 18.4 Å². The Hall–Kier alpha value is -1.19. The largest absolute Gasteiger partial charge is 0.458 e. The monoisotopic (exact) mass is 418 g/mol. The number of unbranched alkanes of at least 4 members (excludes halogenated alkanes) is 1. The number of ether oxygens (including phenoxy) is 2. The fourth-order valence-electron chi connectivity index (χ4n) is 2.25. The van der Waals surface area contributed by atoms with Crippen molar-refractivity contribution in [2.45, 2.75) is 64.8 Å². The molecule has 0 fully saturated rings. The second-order valence-corrected chi connectivity index (χ2v) is 9.86. The lowest BCUT2D eigenvalue weighted by molar-refractivity contribution is -0.148. The molecule has 1 heterocycles. The molecule has 0 spiro atoms. The quantitative estimate of drug-likeness (QED) is 0.290. The maximum atomic E-state index is 12.2. The fourth-order valence-corrected chi connectivity index (χ4v) is 4.61. The van der Waals surface area contributed by atoms with Crippen molar-refractivity contribution in [3.8, 4) is 0 Å². The number of aromatic nitrogens is 2. The molecule has 0 aliphatic rings. The molecule has 0 aromatic carbocycles. The molecule has 154 valence electrons. The summed E-state index contributed by atoms with van der Waals surface area (Å²) in [4.78, 5) is 20.7. The van der Waals surface area contributed by atoms with Gasteiger partial charge in [0.2, 0.25) is 0 Å². The van der Waals surface area contributed by atoms with Gasteiger partial charge in [-0.2, -0.15) is 0 Å². The van der Waals surface area contributed by atoms with Gasteiger partial charge in [-0.05, 0) is 40.2 Å². The molecule has 7 nitrogen and oxygen atoms in total. The molecule has 9 heteroatoms. The summed E-state index contributed by atoms with van der Waals surface area (Å²) in [7, 11) is -3.30. The summed E-state index contributed by atoms with van der Waals surface area (Å²) in [5.74, 6) is -0.637. The summed E-state index contributed by atoms with van der Waals surface area (Å²) in [5, 5.41) is 0.495. The molecule has 0 N–H and O–H groups in total. The number of hydrogen-bond donors (Lipinski definition) is 0. The molecule has 0 amide bonds. The van der Waals surface area contributed by atoms with Crippen molar-refractivity contribution in [1.82, 2.24) is 9.97 Å². The lowest BCUT2D eigenvalue weighted by atomic mass is 10.4. The SMILES string of the molecule is CCCCS(=O)(=O)CC(COC(C)C)OC(=O)CSc1nc(C)cc(C)n1. The van der Waals surface area contributed by atoms with Gasteiger partial charge in [0.1, 0.15) is 6.10 Å². The van der Waals surface area contributed by atoms with Gasteiger partial charge in [0.05, 0.1) is 30.0 Å². The lowest BCUT2D eigenvalue weighted by Crippen LogP contribution is -2.33. The molecule has 1 unspecified atom stereocenters. The van der Waals surface area contributed by atoms with Crippen molar-refractivity contribution in [2.75, 3.05) is 23.9 Å². The zero-order valence-electron chi connectivity index (χ0n) is 16.7. The van der Waals surface area contributed by atoms with E-state index in [9.17, 15) is 13.2 Å². The zero-order valence-corrected chi connectivity index (χ0v) is 18.4. The van der Waals surface area contributed by atoms with E-state index in [4.69, 9.17) is 9.47 Å². The van der Waals surface area contributed by atoms with Crippen LogP contribution in [0.25, 0.3) is 0 Å². The van der Waals surface area contributed by atoms with Crippen LogP contribution in [0.15, 0.2) is 11.2 Å². The molecule has 0 bridgehead atoms. The molecular weight excluding hydrogens is 388 g/mol. The van der Waals surface area contributed by atoms with Crippen LogP contribution in [0.2, 0.25) is 0 Å². The Bertz CT molecular complexity index is 687. The predicted molar refractivity (Wildman–Crippen MR) is 107 cm³/mol. The van der Waals surface area contributed by atoms with E-state index in [2.05, 4.69) is 9.97 Å². The van der Waals surface area contributed by atoms with Gasteiger partial charge in [-0.15, -0.1) is 0 Å². The van der Waals surface area contributed by atoms with Gasteiger partial charge < -0.3 is 9.47 Å². The van der Waals surface area contributed by atoms with Crippen LogP contribution in [0.5, 0.6) is 0 Å². The summed E-state index contributed by atoms with van der Waals surface area (Å²) < 4.78 is 35.3. The van der Waals surface area contributed by atoms with Gasteiger partial charge in [-0.1, -0.05) is 25.1 Å². The summed E-state index contributed by atoms with van der Waals surface area (Å²) in [6, 6.07) is 1.85. The van der Waals surface area contributed by atoms with Crippen LogP contribution >= 0.6 is 11.8 Å². The number of carbonyl (C=O) groups excluding carboxylic acids is 1. The predicted octanol–water partition coefficient (Wildman–Crippen LogP) is 2.74. The molecule has 1 rings (SSSR count). The minimum atomic E-state index is -3.30.